The van der Waals surface area contributed by atoms with Crippen molar-refractivity contribution in [3.05, 3.63) is 132 Å². The Bertz CT molecular complexity index is 2380. The molecule has 0 saturated carbocycles. The Morgan fingerprint density at radius 1 is 0.667 bits per heavy atom. The highest BCUT2D eigenvalue weighted by Crippen LogP contribution is 2.30. The van der Waals surface area contributed by atoms with Crippen LogP contribution < -0.4 is 15.1 Å². The van der Waals surface area contributed by atoms with Crippen molar-refractivity contribution in [3.63, 3.8) is 0 Å². The summed E-state index contributed by atoms with van der Waals surface area (Å²) in [7, 11) is 1.94. The molecule has 12 nitrogen and oxygen atoms in total. The van der Waals surface area contributed by atoms with Crippen molar-refractivity contribution < 1.29 is 44.8 Å². The molecule has 2 aliphatic heterocycles. The number of aromatic nitrogens is 4. The van der Waals surface area contributed by atoms with E-state index in [1.165, 1.54) is 24.3 Å². The Kier molecular flexibility index (Phi) is 14.0. The topological polar surface area (TPSA) is 134 Å². The van der Waals surface area contributed by atoms with Gasteiger partial charge in [-0.1, -0.05) is 48.5 Å². The first-order valence-electron chi connectivity index (χ1n) is 18.4. The van der Waals surface area contributed by atoms with Crippen molar-refractivity contribution in [1.29, 1.82) is 0 Å². The molecule has 0 bridgehead atoms. The zero-order chi connectivity index (χ0) is 41.6. The first-order valence-corrected chi connectivity index (χ1v) is 18.4. The molecule has 2 aromatic heterocycles. The lowest BCUT2D eigenvalue weighted by Gasteiger charge is -2.38. The maximum atomic E-state index is 14.8. The molecule has 4 aromatic carbocycles. The average molecular weight is 855 g/mol. The molecule has 8 rings (SSSR count). The van der Waals surface area contributed by atoms with E-state index in [1.807, 2.05) is 48.3 Å². The lowest BCUT2D eigenvalue weighted by Crippen LogP contribution is -2.52. The summed E-state index contributed by atoms with van der Waals surface area (Å²) in [4.78, 5) is 31.0. The summed E-state index contributed by atoms with van der Waals surface area (Å²) in [6.45, 7) is 2.58. The lowest BCUT2D eigenvalue weighted by molar-refractivity contribution is -0.127. The van der Waals surface area contributed by atoms with E-state index < -0.39 is 36.3 Å². The monoisotopic (exact) mass is 854 g/mol. The molecular formula is C41H37ClF6N8O4. The van der Waals surface area contributed by atoms with Gasteiger partial charge >= 0.3 is 12.9 Å². The zero-order valence-electron chi connectivity index (χ0n) is 31.7. The molecule has 4 heterocycles. The third kappa shape index (κ3) is 10.0. The van der Waals surface area contributed by atoms with Gasteiger partial charge in [-0.15, -0.1) is 32.8 Å². The number of para-hydroxylation sites is 2. The van der Waals surface area contributed by atoms with E-state index in [4.69, 9.17) is 8.83 Å². The van der Waals surface area contributed by atoms with E-state index in [1.54, 1.807) is 34.1 Å². The van der Waals surface area contributed by atoms with Gasteiger partial charge in [0, 0.05) is 59.8 Å². The molecule has 2 amide bonds. The first-order chi connectivity index (χ1) is 28.4. The molecule has 314 valence electrons. The molecule has 0 spiro atoms. The molecule has 2 fully saturated rings. The summed E-state index contributed by atoms with van der Waals surface area (Å²) < 4.78 is 89.8. The zero-order valence-corrected chi connectivity index (χ0v) is 32.5. The third-order valence-corrected chi connectivity index (χ3v) is 9.72. The number of nitrogens with zero attached hydrogens (tertiary/aromatic N) is 7. The van der Waals surface area contributed by atoms with Crippen LogP contribution in [-0.2, 0) is 22.7 Å². The van der Waals surface area contributed by atoms with Gasteiger partial charge in [0.15, 0.2) is 0 Å². The van der Waals surface area contributed by atoms with Crippen molar-refractivity contribution in [2.24, 2.45) is 11.8 Å². The van der Waals surface area contributed by atoms with Crippen LogP contribution in [-0.4, -0.2) is 70.3 Å². The van der Waals surface area contributed by atoms with Crippen LogP contribution in [0.2, 0.25) is 0 Å². The van der Waals surface area contributed by atoms with Crippen molar-refractivity contribution in [2.45, 2.75) is 25.9 Å². The Hall–Kier alpha value is -6.11. The fourth-order valence-corrected chi connectivity index (χ4v) is 6.40. The number of amides is 2. The van der Waals surface area contributed by atoms with Crippen LogP contribution in [0.5, 0.6) is 0 Å². The van der Waals surface area contributed by atoms with Gasteiger partial charge in [-0.05, 0) is 55.6 Å². The molecule has 0 atom stereocenters. The van der Waals surface area contributed by atoms with Gasteiger partial charge in [0.05, 0.1) is 24.9 Å². The highest BCUT2D eigenvalue weighted by Gasteiger charge is 2.34. The van der Waals surface area contributed by atoms with Crippen molar-refractivity contribution in [3.8, 4) is 22.9 Å². The van der Waals surface area contributed by atoms with Gasteiger partial charge in [-0.25, -0.2) is 8.78 Å². The normalized spacial score (nSPS) is 14.2. The highest BCUT2D eigenvalue weighted by atomic mass is 35.5. The van der Waals surface area contributed by atoms with Crippen LogP contribution in [0.1, 0.15) is 35.8 Å². The summed E-state index contributed by atoms with van der Waals surface area (Å²) in [6.07, 6.45) is -5.79. The Morgan fingerprint density at radius 2 is 1.08 bits per heavy atom. The minimum atomic E-state index is -2.90. The number of benzene rings is 4. The number of carbonyl (C=O) groups is 2. The second-order valence-corrected chi connectivity index (χ2v) is 13.9. The van der Waals surface area contributed by atoms with Gasteiger partial charge < -0.3 is 28.9 Å². The van der Waals surface area contributed by atoms with Crippen LogP contribution >= 0.6 is 12.4 Å². The maximum Gasteiger partial charge on any atom is 0.314 e. The molecule has 60 heavy (non-hydrogen) atoms. The van der Waals surface area contributed by atoms with Crippen LogP contribution in [0, 0.1) is 23.5 Å². The van der Waals surface area contributed by atoms with Crippen molar-refractivity contribution in [2.75, 3.05) is 43.0 Å². The van der Waals surface area contributed by atoms with Crippen LogP contribution in [0.15, 0.2) is 106 Å². The Morgan fingerprint density at radius 3 is 1.42 bits per heavy atom. The van der Waals surface area contributed by atoms with Gasteiger partial charge in [0.2, 0.25) is 23.6 Å². The molecule has 6 aromatic rings. The molecule has 0 radical (unpaired) electrons. The van der Waals surface area contributed by atoms with E-state index in [9.17, 15) is 35.9 Å². The van der Waals surface area contributed by atoms with Gasteiger partial charge in [0.25, 0.3) is 11.8 Å². The van der Waals surface area contributed by atoms with Gasteiger partial charge in [-0.3, -0.25) is 9.59 Å². The summed E-state index contributed by atoms with van der Waals surface area (Å²) in [5.41, 5.74) is 2.30. The molecule has 2 saturated heterocycles. The summed E-state index contributed by atoms with van der Waals surface area (Å²) in [6, 6.07) is 26.4. The SMILES string of the molecule is CN1CC(C(=O)N(Cc2ccc(-c3nnc(C(F)F)o3)cc2F)c2ccccc2)C1.Cl.O=C(C1CNC1)N(Cc1ccc(-c2nnc(C(F)F)o2)cc1F)c1ccccc1. The number of hydrogen-bond acceptors (Lipinski definition) is 10. The fraction of sp³-hybridized carbons (Fsp3) is 0.268. The molecular weight excluding hydrogens is 818 g/mol. The molecule has 2 aliphatic rings. The third-order valence-electron chi connectivity index (χ3n) is 9.72. The minimum Gasteiger partial charge on any atom is -0.415 e. The average Bonchev–Trinajstić information content (AvgIpc) is 3.91. The first kappa shape index (κ1) is 43.5. The molecule has 0 aliphatic carbocycles. The summed E-state index contributed by atoms with van der Waals surface area (Å²) in [5, 5.41) is 16.6. The number of anilines is 2. The Balaban J connectivity index is 0.000000198. The van der Waals surface area contributed by atoms with Gasteiger partial charge in [0.1, 0.15) is 11.6 Å². The quantitative estimate of drug-likeness (QED) is 0.121. The predicted molar refractivity (Wildman–Crippen MR) is 209 cm³/mol. The van der Waals surface area contributed by atoms with Crippen LogP contribution in [0.4, 0.5) is 37.7 Å². The number of alkyl halides is 4. The summed E-state index contributed by atoms with van der Waals surface area (Å²) in [5.74, 6) is -3.65. The number of nitrogens with one attached hydrogen (secondary N) is 1. The van der Waals surface area contributed by atoms with E-state index in [2.05, 4.69) is 25.7 Å². The lowest BCUT2D eigenvalue weighted by atomic mass is 9.98. The van der Waals surface area contributed by atoms with Crippen LogP contribution in [0.25, 0.3) is 22.9 Å². The maximum absolute atomic E-state index is 14.8. The summed E-state index contributed by atoms with van der Waals surface area (Å²) >= 11 is 0. The van der Waals surface area contributed by atoms with E-state index >= 15 is 0 Å². The number of carbonyl (C=O) groups excluding carboxylic acids is 2. The smallest absolute Gasteiger partial charge is 0.314 e. The largest absolute Gasteiger partial charge is 0.415 e. The predicted octanol–water partition coefficient (Wildman–Crippen LogP) is 7.90. The van der Waals surface area contributed by atoms with E-state index in [0.717, 1.165) is 12.1 Å². The Labute approximate surface area is 345 Å². The minimum absolute atomic E-state index is 0. The molecule has 1 N–H and O–H groups in total. The number of halogens is 7. The van der Waals surface area contributed by atoms with E-state index in [-0.39, 0.29) is 83.2 Å². The van der Waals surface area contributed by atoms with Crippen LogP contribution in [0.3, 0.4) is 0 Å². The molecule has 19 heteroatoms. The fourth-order valence-electron chi connectivity index (χ4n) is 6.40. The highest BCUT2D eigenvalue weighted by molar-refractivity contribution is 5.96. The molecule has 0 unspecified atom stereocenters. The number of hydrogen-bond donors (Lipinski definition) is 1. The van der Waals surface area contributed by atoms with Gasteiger partial charge in [-0.2, -0.15) is 17.6 Å². The number of likely N-dealkylation sites (tertiary alicyclic amines) is 1. The van der Waals surface area contributed by atoms with E-state index in [0.29, 0.717) is 37.6 Å². The number of rotatable bonds is 12. The standard InChI is InChI=1S/C21H19F3N4O2.C20H17F3N4O2.ClH/c1-27-10-15(11-27)21(29)28(16-5-3-2-4-6-16)12-14-8-7-13(9-17(14)22)19-25-26-20(30-19)18(23)24;21-16-8-12(18-25-26-19(29-18)17(22)23)6-7-13(16)11-27(15-4-2-1-3-5-15)20(28)14-9-24-10-14;/h2-9,15,18H,10-12H2,1H3;1-8,14,17,24H,9-11H2;1H. The van der Waals surface area contributed by atoms with Crippen molar-refractivity contribution >= 4 is 35.6 Å². The van der Waals surface area contributed by atoms with Crippen molar-refractivity contribution in [1.82, 2.24) is 30.6 Å². The second-order valence-electron chi connectivity index (χ2n) is 13.9. The second kappa shape index (κ2) is 19.3.